The summed E-state index contributed by atoms with van der Waals surface area (Å²) in [6.45, 7) is 0. The zero-order valence-corrected chi connectivity index (χ0v) is 14.5. The van der Waals surface area contributed by atoms with Gasteiger partial charge in [-0.15, -0.1) is 0 Å². The van der Waals surface area contributed by atoms with Crippen LogP contribution >= 0.6 is 15.9 Å². The lowest BCUT2D eigenvalue weighted by Gasteiger charge is -2.19. The van der Waals surface area contributed by atoms with Crippen molar-refractivity contribution in [2.24, 2.45) is 7.05 Å². The number of aromatic nitrogens is 2. The summed E-state index contributed by atoms with van der Waals surface area (Å²) in [6, 6.07) is 12.7. The zero-order valence-electron chi connectivity index (χ0n) is 12.9. The summed E-state index contributed by atoms with van der Waals surface area (Å²) in [6.07, 6.45) is 3.43. The zero-order chi connectivity index (χ0) is 17.1. The molecular weight excluding hydrogens is 373 g/mol. The molecule has 3 aromatic rings. The molecule has 0 spiro atoms. The molecule has 0 radical (unpaired) electrons. The molecule has 24 heavy (non-hydrogen) atoms. The molecule has 3 rings (SSSR count). The number of rotatable bonds is 4. The van der Waals surface area contributed by atoms with E-state index in [1.807, 2.05) is 13.1 Å². The number of amides is 1. The van der Waals surface area contributed by atoms with Crippen molar-refractivity contribution in [1.29, 1.82) is 0 Å². The molecule has 0 fully saturated rings. The third kappa shape index (κ3) is 3.54. The Labute approximate surface area is 147 Å². The number of carbonyl (C=O) groups excluding carboxylic acids is 1. The van der Waals surface area contributed by atoms with Crippen molar-refractivity contribution in [2.75, 3.05) is 0 Å². The Morgan fingerprint density at radius 1 is 1.25 bits per heavy atom. The van der Waals surface area contributed by atoms with Crippen LogP contribution in [0.25, 0.3) is 0 Å². The molecule has 2 aromatic carbocycles. The maximum absolute atomic E-state index is 13.6. The molecule has 122 valence electrons. The van der Waals surface area contributed by atoms with Gasteiger partial charge in [-0.2, -0.15) is 0 Å². The van der Waals surface area contributed by atoms with Gasteiger partial charge in [-0.3, -0.25) is 4.79 Å². The molecule has 0 bridgehead atoms. The first-order valence-corrected chi connectivity index (χ1v) is 8.13. The summed E-state index contributed by atoms with van der Waals surface area (Å²) >= 11 is 3.36. The van der Waals surface area contributed by atoms with Gasteiger partial charge in [0.15, 0.2) is 0 Å². The Balaban J connectivity index is 1.96. The molecule has 0 aliphatic carbocycles. The first-order chi connectivity index (χ1) is 11.5. The van der Waals surface area contributed by atoms with Crippen molar-refractivity contribution in [3.8, 4) is 0 Å². The highest BCUT2D eigenvalue weighted by atomic mass is 79.9. The van der Waals surface area contributed by atoms with Crippen LogP contribution in [0, 0.1) is 5.82 Å². The van der Waals surface area contributed by atoms with Crippen LogP contribution in [-0.4, -0.2) is 15.5 Å². The Bertz CT molecular complexity index is 878. The highest BCUT2D eigenvalue weighted by Crippen LogP contribution is 2.22. The molecule has 1 atom stereocenters. The van der Waals surface area contributed by atoms with Gasteiger partial charge in [0, 0.05) is 29.5 Å². The Morgan fingerprint density at radius 3 is 2.71 bits per heavy atom. The second-order valence-corrected chi connectivity index (χ2v) is 6.28. The molecule has 0 aliphatic heterocycles. The summed E-state index contributed by atoms with van der Waals surface area (Å²) in [5.74, 6) is 0.0147. The van der Waals surface area contributed by atoms with Crippen molar-refractivity contribution >= 4 is 21.8 Å². The third-order valence-corrected chi connectivity index (χ3v) is 4.15. The number of nitrogens with one attached hydrogen (secondary N) is 1. The topological polar surface area (TPSA) is 46.9 Å². The highest BCUT2D eigenvalue weighted by molar-refractivity contribution is 9.10. The van der Waals surface area contributed by atoms with Gasteiger partial charge in [-0.1, -0.05) is 34.1 Å². The van der Waals surface area contributed by atoms with Gasteiger partial charge >= 0.3 is 0 Å². The van der Waals surface area contributed by atoms with Gasteiger partial charge in [0.2, 0.25) is 0 Å². The van der Waals surface area contributed by atoms with E-state index in [2.05, 4.69) is 26.2 Å². The van der Waals surface area contributed by atoms with E-state index in [-0.39, 0.29) is 11.7 Å². The van der Waals surface area contributed by atoms with Crippen molar-refractivity contribution < 1.29 is 9.18 Å². The van der Waals surface area contributed by atoms with Crippen LogP contribution in [0.4, 0.5) is 4.39 Å². The van der Waals surface area contributed by atoms with Gasteiger partial charge < -0.3 is 9.88 Å². The summed E-state index contributed by atoms with van der Waals surface area (Å²) in [5.41, 5.74) is 1.15. The quantitative estimate of drug-likeness (QED) is 0.738. The second-order valence-electron chi connectivity index (χ2n) is 5.37. The van der Waals surface area contributed by atoms with Gasteiger partial charge in [-0.05, 0) is 35.9 Å². The molecule has 6 heteroatoms. The molecule has 1 N–H and O–H groups in total. The van der Waals surface area contributed by atoms with Crippen LogP contribution in [0.1, 0.15) is 27.8 Å². The number of aryl methyl sites for hydroxylation is 1. The lowest BCUT2D eigenvalue weighted by Crippen LogP contribution is -2.31. The van der Waals surface area contributed by atoms with E-state index in [0.717, 1.165) is 4.47 Å². The lowest BCUT2D eigenvalue weighted by molar-refractivity contribution is 0.0941. The van der Waals surface area contributed by atoms with Crippen LogP contribution < -0.4 is 5.32 Å². The van der Waals surface area contributed by atoms with E-state index in [0.29, 0.717) is 17.0 Å². The molecule has 4 nitrogen and oxygen atoms in total. The van der Waals surface area contributed by atoms with Gasteiger partial charge in [0.1, 0.15) is 17.7 Å². The van der Waals surface area contributed by atoms with Crippen molar-refractivity contribution in [1.82, 2.24) is 14.9 Å². The van der Waals surface area contributed by atoms with Gasteiger partial charge in [-0.25, -0.2) is 9.37 Å². The van der Waals surface area contributed by atoms with Crippen LogP contribution in [-0.2, 0) is 7.05 Å². The van der Waals surface area contributed by atoms with Crippen molar-refractivity contribution in [2.45, 2.75) is 6.04 Å². The van der Waals surface area contributed by atoms with Crippen LogP contribution in [0.15, 0.2) is 65.4 Å². The number of carbonyl (C=O) groups is 1. The van der Waals surface area contributed by atoms with E-state index in [4.69, 9.17) is 0 Å². The number of hydrogen-bond donors (Lipinski definition) is 1. The minimum absolute atomic E-state index is 0.256. The molecule has 0 saturated heterocycles. The van der Waals surface area contributed by atoms with E-state index in [1.165, 1.54) is 12.1 Å². The van der Waals surface area contributed by atoms with E-state index < -0.39 is 6.04 Å². The van der Waals surface area contributed by atoms with E-state index in [1.54, 1.807) is 47.3 Å². The fourth-order valence-electron chi connectivity index (χ4n) is 2.48. The third-order valence-electron chi connectivity index (χ3n) is 3.66. The Kier molecular flexibility index (Phi) is 4.76. The van der Waals surface area contributed by atoms with E-state index >= 15 is 0 Å². The van der Waals surface area contributed by atoms with Crippen LogP contribution in [0.2, 0.25) is 0 Å². The lowest BCUT2D eigenvalue weighted by atomic mass is 10.0. The summed E-state index contributed by atoms with van der Waals surface area (Å²) in [5, 5.41) is 2.94. The molecule has 0 aliphatic rings. The largest absolute Gasteiger partial charge is 0.338 e. The van der Waals surface area contributed by atoms with Crippen molar-refractivity contribution in [3.05, 3.63) is 88.2 Å². The number of benzene rings is 2. The molecule has 1 amide bonds. The van der Waals surface area contributed by atoms with Crippen LogP contribution in [0.5, 0.6) is 0 Å². The highest BCUT2D eigenvalue weighted by Gasteiger charge is 2.22. The molecule has 0 saturated carbocycles. The molecule has 0 unspecified atom stereocenters. The second kappa shape index (κ2) is 6.97. The fourth-order valence-corrected chi connectivity index (χ4v) is 2.88. The number of halogens is 2. The average Bonchev–Trinajstić information content (AvgIpc) is 2.98. The normalized spacial score (nSPS) is 12.0. The summed E-state index contributed by atoms with van der Waals surface area (Å²) in [4.78, 5) is 16.9. The SMILES string of the molecule is Cn1ccnc1[C@@H](NC(=O)c1cccc(Br)c1)c1cccc(F)c1. The van der Waals surface area contributed by atoms with Gasteiger partial charge in [0.05, 0.1) is 0 Å². The number of imidazole rings is 1. The fraction of sp³-hybridized carbons (Fsp3) is 0.111. The van der Waals surface area contributed by atoms with E-state index in [9.17, 15) is 9.18 Å². The number of hydrogen-bond acceptors (Lipinski definition) is 2. The predicted octanol–water partition coefficient (Wildman–Crippen LogP) is 3.84. The first kappa shape index (κ1) is 16.4. The van der Waals surface area contributed by atoms with Crippen LogP contribution in [0.3, 0.4) is 0 Å². The smallest absolute Gasteiger partial charge is 0.252 e. The average molecular weight is 388 g/mol. The number of nitrogens with zero attached hydrogens (tertiary/aromatic N) is 2. The van der Waals surface area contributed by atoms with Crippen molar-refractivity contribution in [3.63, 3.8) is 0 Å². The standard InChI is InChI=1S/C18H15BrFN3O/c1-23-9-8-21-17(23)16(12-4-3-7-15(20)11-12)22-18(24)13-5-2-6-14(19)10-13/h2-11,16H,1H3,(H,22,24)/t16-/m0/s1. The maximum Gasteiger partial charge on any atom is 0.252 e. The summed E-state index contributed by atoms with van der Waals surface area (Å²) in [7, 11) is 1.83. The minimum Gasteiger partial charge on any atom is -0.338 e. The summed E-state index contributed by atoms with van der Waals surface area (Å²) < 4.78 is 16.3. The minimum atomic E-state index is -0.549. The Hall–Kier alpha value is -2.47. The monoisotopic (exact) mass is 387 g/mol. The first-order valence-electron chi connectivity index (χ1n) is 7.34. The molecule has 1 aromatic heterocycles. The van der Waals surface area contributed by atoms with Gasteiger partial charge in [0.25, 0.3) is 5.91 Å². The molecular formula is C18H15BrFN3O. The predicted molar refractivity (Wildman–Crippen MR) is 93.1 cm³/mol. The maximum atomic E-state index is 13.6. The molecule has 1 heterocycles. The Morgan fingerprint density at radius 2 is 2.04 bits per heavy atom.